The minimum absolute atomic E-state index is 0.303. The lowest BCUT2D eigenvalue weighted by atomic mass is 9.84. The predicted octanol–water partition coefficient (Wildman–Crippen LogP) is 1.62. The fourth-order valence-electron chi connectivity index (χ4n) is 1.42. The molecular formula is C12H20BN3O. The normalized spacial score (nSPS) is 13.3. The molecule has 1 heterocycles. The molecule has 17 heavy (non-hydrogen) atoms. The van der Waals surface area contributed by atoms with Gasteiger partial charge >= 0.3 is 7.05 Å². The Morgan fingerprint density at radius 2 is 2.06 bits per heavy atom. The van der Waals surface area contributed by atoms with Gasteiger partial charge in [0.2, 0.25) is 0 Å². The summed E-state index contributed by atoms with van der Waals surface area (Å²) in [6, 6.07) is 0.303. The van der Waals surface area contributed by atoms with E-state index in [1.165, 1.54) is 0 Å². The van der Waals surface area contributed by atoms with Crippen LogP contribution >= 0.6 is 0 Å². The number of aromatic nitrogens is 2. The second-order valence-corrected chi connectivity index (χ2v) is 4.35. The zero-order chi connectivity index (χ0) is 12.8. The smallest absolute Gasteiger partial charge is 0.376 e. The van der Waals surface area contributed by atoms with Crippen molar-refractivity contribution < 1.29 is 5.02 Å². The summed E-state index contributed by atoms with van der Waals surface area (Å²) in [5, 5.41) is 9.42. The molecule has 4 nitrogen and oxygen atoms in total. The van der Waals surface area contributed by atoms with E-state index < -0.39 is 7.05 Å². The molecule has 0 aromatic carbocycles. The molecule has 1 aromatic rings. The van der Waals surface area contributed by atoms with Crippen LogP contribution in [0.1, 0.15) is 24.7 Å². The highest BCUT2D eigenvalue weighted by Gasteiger charge is 2.15. The molecule has 0 aliphatic heterocycles. The summed E-state index contributed by atoms with van der Waals surface area (Å²) in [6.07, 6.45) is 8.59. The van der Waals surface area contributed by atoms with Gasteiger partial charge in [0.15, 0.2) is 0 Å². The van der Waals surface area contributed by atoms with Crippen LogP contribution in [0, 0.1) is 6.92 Å². The molecular weight excluding hydrogens is 213 g/mol. The van der Waals surface area contributed by atoms with E-state index in [0.29, 0.717) is 6.04 Å². The fraction of sp³-hybridized carbons (Fsp3) is 0.500. The van der Waals surface area contributed by atoms with Gasteiger partial charge in [0, 0.05) is 24.0 Å². The minimum Gasteiger partial charge on any atom is -0.437 e. The van der Waals surface area contributed by atoms with Crippen molar-refractivity contribution in [2.75, 3.05) is 7.05 Å². The first-order valence-electron chi connectivity index (χ1n) is 5.86. The Morgan fingerprint density at radius 3 is 2.59 bits per heavy atom. The van der Waals surface area contributed by atoms with Crippen molar-refractivity contribution in [3.63, 3.8) is 0 Å². The van der Waals surface area contributed by atoms with E-state index in [-0.39, 0.29) is 0 Å². The topological polar surface area (TPSA) is 49.2 Å². The number of hydrogen-bond donors (Lipinski definition) is 1. The molecule has 0 spiro atoms. The van der Waals surface area contributed by atoms with Crippen molar-refractivity contribution in [1.29, 1.82) is 0 Å². The minimum atomic E-state index is -0.416. The van der Waals surface area contributed by atoms with Gasteiger partial charge in [0.05, 0.1) is 0 Å². The largest absolute Gasteiger partial charge is 0.437 e. The van der Waals surface area contributed by atoms with Gasteiger partial charge in [-0.2, -0.15) is 0 Å². The third kappa shape index (κ3) is 4.67. The molecule has 0 aliphatic rings. The van der Waals surface area contributed by atoms with Gasteiger partial charge in [0.25, 0.3) is 0 Å². The maximum atomic E-state index is 9.42. The average molecular weight is 233 g/mol. The van der Waals surface area contributed by atoms with Crippen LogP contribution in [0.15, 0.2) is 18.5 Å². The van der Waals surface area contributed by atoms with E-state index in [2.05, 4.69) is 23.0 Å². The predicted molar refractivity (Wildman–Crippen MR) is 71.5 cm³/mol. The molecule has 0 bridgehead atoms. The van der Waals surface area contributed by atoms with E-state index in [0.717, 1.165) is 17.8 Å². The Balaban J connectivity index is 2.47. The summed E-state index contributed by atoms with van der Waals surface area (Å²) in [5.74, 6) is 0.782. The highest BCUT2D eigenvalue weighted by molar-refractivity contribution is 6.45. The third-order valence-corrected chi connectivity index (χ3v) is 2.87. The quantitative estimate of drug-likeness (QED) is 0.785. The number of nitrogens with zero attached hydrogens (tertiary/aromatic N) is 3. The van der Waals surface area contributed by atoms with Crippen LogP contribution in [0.5, 0.6) is 0 Å². The number of aryl methyl sites for hydroxylation is 1. The van der Waals surface area contributed by atoms with Gasteiger partial charge in [-0.15, -0.1) is 0 Å². The van der Waals surface area contributed by atoms with Crippen LogP contribution in [0.4, 0.5) is 0 Å². The molecule has 5 heteroatoms. The first-order chi connectivity index (χ1) is 8.00. The molecule has 1 rings (SSSR count). The summed E-state index contributed by atoms with van der Waals surface area (Å²) in [4.78, 5) is 10.2. The highest BCUT2D eigenvalue weighted by Crippen LogP contribution is 2.06. The van der Waals surface area contributed by atoms with Crippen LogP contribution < -0.4 is 0 Å². The van der Waals surface area contributed by atoms with E-state index in [9.17, 15) is 5.02 Å². The van der Waals surface area contributed by atoms with Crippen LogP contribution in [0.25, 0.3) is 6.08 Å². The Labute approximate surface area is 104 Å². The maximum absolute atomic E-state index is 9.42. The summed E-state index contributed by atoms with van der Waals surface area (Å²) in [7, 11) is 1.50. The molecule has 0 amide bonds. The van der Waals surface area contributed by atoms with Crippen LogP contribution in [0.2, 0.25) is 6.82 Å². The third-order valence-electron chi connectivity index (χ3n) is 2.87. The van der Waals surface area contributed by atoms with Crippen LogP contribution in [0.3, 0.4) is 0 Å². The number of rotatable bonds is 5. The Morgan fingerprint density at radius 1 is 1.47 bits per heavy atom. The molecule has 0 aliphatic carbocycles. The van der Waals surface area contributed by atoms with Gasteiger partial charge in [0.1, 0.15) is 5.82 Å². The molecule has 1 aromatic heterocycles. The van der Waals surface area contributed by atoms with E-state index in [1.54, 1.807) is 6.82 Å². The van der Waals surface area contributed by atoms with Crippen molar-refractivity contribution in [1.82, 2.24) is 14.8 Å². The Hall–Kier alpha value is -1.20. The van der Waals surface area contributed by atoms with Crippen LogP contribution in [-0.2, 0) is 0 Å². The van der Waals surface area contributed by atoms with Crippen molar-refractivity contribution >= 4 is 13.1 Å². The van der Waals surface area contributed by atoms with Gasteiger partial charge in [-0.25, -0.2) is 9.97 Å². The highest BCUT2D eigenvalue weighted by atomic mass is 16.2. The van der Waals surface area contributed by atoms with Gasteiger partial charge in [-0.1, -0.05) is 19.1 Å². The Bertz CT molecular complexity index is 365. The monoisotopic (exact) mass is 233 g/mol. The van der Waals surface area contributed by atoms with Crippen molar-refractivity contribution in [3.05, 3.63) is 29.9 Å². The molecule has 0 radical (unpaired) electrons. The zero-order valence-corrected chi connectivity index (χ0v) is 11.0. The van der Waals surface area contributed by atoms with Crippen molar-refractivity contribution in [3.8, 4) is 0 Å². The summed E-state index contributed by atoms with van der Waals surface area (Å²) in [6.45, 7) is 5.73. The average Bonchev–Trinajstić information content (AvgIpc) is 2.30. The Kier molecular flexibility index (Phi) is 5.32. The number of hydrogen-bond acceptors (Lipinski definition) is 4. The SMILES string of the molecule is CB(O)N(C)[C@@H](C)C/C=C/c1cnc(C)nc1. The molecule has 0 fully saturated rings. The molecule has 1 N–H and O–H groups in total. The van der Waals surface area contributed by atoms with Gasteiger partial charge < -0.3 is 9.83 Å². The summed E-state index contributed by atoms with van der Waals surface area (Å²) < 4.78 is 0. The molecule has 92 valence electrons. The maximum Gasteiger partial charge on any atom is 0.376 e. The molecule has 0 saturated heterocycles. The fourth-order valence-corrected chi connectivity index (χ4v) is 1.42. The second-order valence-electron chi connectivity index (χ2n) is 4.35. The van der Waals surface area contributed by atoms with Crippen LogP contribution in [-0.4, -0.2) is 39.9 Å². The molecule has 1 atom stereocenters. The van der Waals surface area contributed by atoms with Crippen molar-refractivity contribution in [2.45, 2.75) is 33.1 Å². The van der Waals surface area contributed by atoms with E-state index in [4.69, 9.17) is 0 Å². The lowest BCUT2D eigenvalue weighted by molar-refractivity contribution is 0.349. The van der Waals surface area contributed by atoms with Gasteiger partial charge in [-0.3, -0.25) is 0 Å². The summed E-state index contributed by atoms with van der Waals surface area (Å²) in [5.41, 5.74) is 1.00. The summed E-state index contributed by atoms with van der Waals surface area (Å²) >= 11 is 0. The van der Waals surface area contributed by atoms with E-state index >= 15 is 0 Å². The van der Waals surface area contributed by atoms with Gasteiger partial charge in [-0.05, 0) is 27.2 Å². The lowest BCUT2D eigenvalue weighted by Crippen LogP contribution is -2.39. The standard InChI is InChI=1S/C12H20BN3O/c1-10(16(4)13(3)17)6-5-7-12-8-14-11(2)15-9-12/h5,7-10,17H,6H2,1-4H3/b7-5+/t10-/m0/s1. The molecule has 0 unspecified atom stereocenters. The zero-order valence-electron chi connectivity index (χ0n) is 11.0. The lowest BCUT2D eigenvalue weighted by Gasteiger charge is -2.24. The molecule has 0 saturated carbocycles. The van der Waals surface area contributed by atoms with Crippen molar-refractivity contribution in [2.24, 2.45) is 0 Å². The first kappa shape index (κ1) is 13.9. The van der Waals surface area contributed by atoms with E-state index in [1.807, 2.05) is 37.3 Å². The second kappa shape index (κ2) is 6.52. The first-order valence-corrected chi connectivity index (χ1v) is 5.86.